The molecule has 0 heterocycles. The van der Waals surface area contributed by atoms with Crippen LogP contribution in [0.4, 0.5) is 0 Å². The lowest BCUT2D eigenvalue weighted by molar-refractivity contribution is 0.152. The Balaban J connectivity index is 2.31. The van der Waals surface area contributed by atoms with Crippen LogP contribution in [0.3, 0.4) is 0 Å². The highest BCUT2D eigenvalue weighted by molar-refractivity contribution is 4.86. The molecule has 0 bridgehead atoms. The molecule has 1 fully saturated rings. The first-order valence-electron chi connectivity index (χ1n) is 9.25. The lowest BCUT2D eigenvalue weighted by Gasteiger charge is -2.35. The van der Waals surface area contributed by atoms with Gasteiger partial charge < -0.3 is 15.1 Å². The molecule has 0 saturated heterocycles. The van der Waals surface area contributed by atoms with Crippen LogP contribution in [0.1, 0.15) is 60.3 Å². The summed E-state index contributed by atoms with van der Waals surface area (Å²) in [7, 11) is 0. The molecule has 0 spiro atoms. The van der Waals surface area contributed by atoms with Gasteiger partial charge in [-0.05, 0) is 63.8 Å². The summed E-state index contributed by atoms with van der Waals surface area (Å²) in [5.41, 5.74) is 0.424. The van der Waals surface area contributed by atoms with Gasteiger partial charge in [-0.25, -0.2) is 0 Å². The van der Waals surface area contributed by atoms with Crippen LogP contribution in [0.2, 0.25) is 0 Å². The summed E-state index contributed by atoms with van der Waals surface area (Å²) in [6.45, 7) is 20.1. The lowest BCUT2D eigenvalue weighted by Crippen LogP contribution is -2.43. The van der Waals surface area contributed by atoms with Crippen LogP contribution in [0.25, 0.3) is 0 Å². The number of nitrogens with zero attached hydrogens (tertiary/aromatic N) is 2. The summed E-state index contributed by atoms with van der Waals surface area (Å²) >= 11 is 0. The Kier molecular flexibility index (Phi) is 8.84. The zero-order valence-corrected chi connectivity index (χ0v) is 15.2. The molecule has 21 heavy (non-hydrogen) atoms. The summed E-state index contributed by atoms with van der Waals surface area (Å²) in [5, 5.41) is 3.74. The molecular formula is C18H39N3. The highest BCUT2D eigenvalue weighted by atomic mass is 15.1. The van der Waals surface area contributed by atoms with E-state index in [0.29, 0.717) is 5.41 Å². The van der Waals surface area contributed by atoms with Gasteiger partial charge in [0.05, 0.1) is 0 Å². The monoisotopic (exact) mass is 297 g/mol. The molecule has 1 rings (SSSR count). The Hall–Kier alpha value is -0.120. The molecule has 1 N–H and O–H groups in total. The molecule has 126 valence electrons. The lowest BCUT2D eigenvalue weighted by atomic mass is 9.86. The number of hydrogen-bond donors (Lipinski definition) is 1. The Morgan fingerprint density at radius 3 is 2.00 bits per heavy atom. The van der Waals surface area contributed by atoms with Gasteiger partial charge in [0.1, 0.15) is 0 Å². The van der Waals surface area contributed by atoms with Crippen LogP contribution in [0, 0.1) is 5.41 Å². The molecule has 1 unspecified atom stereocenters. The summed E-state index contributed by atoms with van der Waals surface area (Å²) in [6, 6.07) is 0.827. The van der Waals surface area contributed by atoms with Crippen LogP contribution in [0.15, 0.2) is 0 Å². The highest BCUT2D eigenvalue weighted by Crippen LogP contribution is 2.25. The Morgan fingerprint density at radius 1 is 0.952 bits per heavy atom. The third-order valence-electron chi connectivity index (χ3n) is 5.14. The van der Waals surface area contributed by atoms with Gasteiger partial charge in [0, 0.05) is 19.1 Å². The smallest absolute Gasteiger partial charge is 0.00684 e. The van der Waals surface area contributed by atoms with Crippen LogP contribution < -0.4 is 5.32 Å². The van der Waals surface area contributed by atoms with E-state index in [-0.39, 0.29) is 0 Å². The minimum absolute atomic E-state index is 0.424. The van der Waals surface area contributed by atoms with Gasteiger partial charge in [0.15, 0.2) is 0 Å². The fourth-order valence-corrected chi connectivity index (χ4v) is 2.92. The van der Waals surface area contributed by atoms with Crippen molar-refractivity contribution in [1.82, 2.24) is 15.1 Å². The van der Waals surface area contributed by atoms with Gasteiger partial charge in [0.2, 0.25) is 0 Å². The van der Waals surface area contributed by atoms with Gasteiger partial charge >= 0.3 is 0 Å². The maximum atomic E-state index is 3.74. The first-order chi connectivity index (χ1) is 10.1. The molecule has 3 heteroatoms. The predicted octanol–water partition coefficient (Wildman–Crippen LogP) is 3.21. The SMILES string of the molecule is CCN(CC)CCCN(CC)CC(C)(CC)CNC1CC1. The first kappa shape index (κ1) is 18.9. The first-order valence-corrected chi connectivity index (χ1v) is 9.25. The molecular weight excluding hydrogens is 258 g/mol. The van der Waals surface area contributed by atoms with Crippen molar-refractivity contribution < 1.29 is 0 Å². The standard InChI is InChI=1S/C18H39N3/c1-6-18(5,15-19-17-11-12-17)16-21(9-4)14-10-13-20(7-2)8-3/h17,19H,6-16H2,1-5H3. The minimum Gasteiger partial charge on any atom is -0.313 e. The van der Waals surface area contributed by atoms with Crippen molar-refractivity contribution in [3.8, 4) is 0 Å². The van der Waals surface area contributed by atoms with Gasteiger partial charge in [-0.1, -0.05) is 34.6 Å². The zero-order chi connectivity index (χ0) is 15.7. The van der Waals surface area contributed by atoms with E-state index in [1.54, 1.807) is 0 Å². The van der Waals surface area contributed by atoms with Crippen molar-refractivity contribution in [3.63, 3.8) is 0 Å². The molecule has 0 aromatic carbocycles. The van der Waals surface area contributed by atoms with Gasteiger partial charge in [-0.3, -0.25) is 0 Å². The van der Waals surface area contributed by atoms with Gasteiger partial charge in [-0.15, -0.1) is 0 Å². The van der Waals surface area contributed by atoms with E-state index in [4.69, 9.17) is 0 Å². The topological polar surface area (TPSA) is 18.5 Å². The van der Waals surface area contributed by atoms with Crippen molar-refractivity contribution in [3.05, 3.63) is 0 Å². The van der Waals surface area contributed by atoms with E-state index >= 15 is 0 Å². The molecule has 1 aliphatic carbocycles. The number of nitrogens with one attached hydrogen (secondary N) is 1. The molecule has 1 saturated carbocycles. The molecule has 1 aliphatic rings. The average molecular weight is 298 g/mol. The van der Waals surface area contributed by atoms with Crippen molar-refractivity contribution in [2.24, 2.45) is 5.41 Å². The molecule has 1 atom stereocenters. The van der Waals surface area contributed by atoms with Crippen molar-refractivity contribution in [2.75, 3.05) is 45.8 Å². The Bertz CT molecular complexity index is 261. The van der Waals surface area contributed by atoms with E-state index in [1.165, 1.54) is 71.5 Å². The molecule has 3 nitrogen and oxygen atoms in total. The molecule has 0 aromatic rings. The van der Waals surface area contributed by atoms with Crippen LogP contribution in [-0.2, 0) is 0 Å². The predicted molar refractivity (Wildman–Crippen MR) is 93.9 cm³/mol. The molecule has 0 amide bonds. The normalized spacial score (nSPS) is 18.4. The van der Waals surface area contributed by atoms with Crippen LogP contribution in [0.5, 0.6) is 0 Å². The maximum Gasteiger partial charge on any atom is 0.00684 e. The van der Waals surface area contributed by atoms with Crippen LogP contribution >= 0.6 is 0 Å². The second-order valence-corrected chi connectivity index (χ2v) is 7.07. The second kappa shape index (κ2) is 9.81. The Morgan fingerprint density at radius 2 is 1.52 bits per heavy atom. The summed E-state index contributed by atoms with van der Waals surface area (Å²) in [4.78, 5) is 5.18. The van der Waals surface area contributed by atoms with E-state index in [1.807, 2.05) is 0 Å². The van der Waals surface area contributed by atoms with Crippen molar-refractivity contribution >= 4 is 0 Å². The van der Waals surface area contributed by atoms with Crippen LogP contribution in [-0.4, -0.2) is 61.7 Å². The second-order valence-electron chi connectivity index (χ2n) is 7.07. The third kappa shape index (κ3) is 7.62. The average Bonchev–Trinajstić information content (AvgIpc) is 3.33. The molecule has 0 aromatic heterocycles. The fraction of sp³-hybridized carbons (Fsp3) is 1.00. The zero-order valence-electron chi connectivity index (χ0n) is 15.2. The van der Waals surface area contributed by atoms with E-state index in [2.05, 4.69) is 49.7 Å². The summed E-state index contributed by atoms with van der Waals surface area (Å²) in [6.07, 6.45) is 5.34. The molecule has 0 radical (unpaired) electrons. The van der Waals surface area contributed by atoms with Crippen molar-refractivity contribution in [1.29, 1.82) is 0 Å². The van der Waals surface area contributed by atoms with Gasteiger partial charge in [0.25, 0.3) is 0 Å². The van der Waals surface area contributed by atoms with E-state index < -0.39 is 0 Å². The minimum atomic E-state index is 0.424. The number of hydrogen-bond acceptors (Lipinski definition) is 3. The third-order valence-corrected chi connectivity index (χ3v) is 5.14. The van der Waals surface area contributed by atoms with E-state index in [9.17, 15) is 0 Å². The largest absolute Gasteiger partial charge is 0.313 e. The summed E-state index contributed by atoms with van der Waals surface area (Å²) < 4.78 is 0. The Labute approximate surface area is 133 Å². The fourth-order valence-electron chi connectivity index (χ4n) is 2.92. The highest BCUT2D eigenvalue weighted by Gasteiger charge is 2.28. The summed E-state index contributed by atoms with van der Waals surface area (Å²) in [5.74, 6) is 0. The van der Waals surface area contributed by atoms with Crippen molar-refractivity contribution in [2.45, 2.75) is 66.3 Å². The maximum absolute atomic E-state index is 3.74. The van der Waals surface area contributed by atoms with Gasteiger partial charge in [-0.2, -0.15) is 0 Å². The van der Waals surface area contributed by atoms with E-state index in [0.717, 1.165) is 6.04 Å². The molecule has 0 aliphatic heterocycles. The number of rotatable bonds is 13. The quantitative estimate of drug-likeness (QED) is 0.563.